The second-order valence-corrected chi connectivity index (χ2v) is 2.11. The zero-order chi connectivity index (χ0) is 7.40. The molecule has 0 aliphatic carbocycles. The molecule has 1 rings (SSSR count). The minimum Gasteiger partial charge on any atom is -0.222 e. The molecule has 56 valence electrons. The second-order valence-electron chi connectivity index (χ2n) is 2.11. The summed E-state index contributed by atoms with van der Waals surface area (Å²) in [7, 11) is 0. The first-order valence-electron chi connectivity index (χ1n) is 3.38. The first-order chi connectivity index (χ1) is 4.84. The molecular weight excluding hydrogens is 133 g/mol. The van der Waals surface area contributed by atoms with Gasteiger partial charge in [-0.15, -0.1) is 0 Å². The first-order valence-corrected chi connectivity index (χ1v) is 3.38. The smallest absolute Gasteiger partial charge is 0.222 e. The van der Waals surface area contributed by atoms with Crippen LogP contribution in [0.1, 0.15) is 19.8 Å². The summed E-state index contributed by atoms with van der Waals surface area (Å²) in [6.45, 7) is 2.68. The van der Waals surface area contributed by atoms with Gasteiger partial charge in [-0.1, -0.05) is 13.3 Å². The van der Waals surface area contributed by atoms with Gasteiger partial charge >= 0.3 is 6.08 Å². The molecule has 0 saturated heterocycles. The van der Waals surface area contributed by atoms with E-state index in [4.69, 9.17) is 0 Å². The third kappa shape index (κ3) is 1.52. The molecule has 0 unspecified atom stereocenters. The molecule has 0 radical (unpaired) electrons. The van der Waals surface area contributed by atoms with Crippen LogP contribution in [-0.2, 0) is 6.54 Å². The van der Waals surface area contributed by atoms with Gasteiger partial charge in [-0.2, -0.15) is 14.5 Å². The largest absolute Gasteiger partial charge is 0.307 e. The van der Waals surface area contributed by atoms with Crippen molar-refractivity contribution in [2.24, 2.45) is 0 Å². The van der Waals surface area contributed by atoms with Gasteiger partial charge in [0.05, 0.1) is 0 Å². The molecule has 1 aromatic heterocycles. The van der Waals surface area contributed by atoms with Crippen molar-refractivity contribution in [3.05, 3.63) is 12.4 Å². The fourth-order valence-electron chi connectivity index (χ4n) is 0.708. The van der Waals surface area contributed by atoms with E-state index in [1.165, 1.54) is 11.0 Å². The van der Waals surface area contributed by atoms with E-state index in [1.807, 2.05) is 0 Å². The first kappa shape index (κ1) is 7.18. The SMILES string of the molecule is CCCCn1ncnc1F. The van der Waals surface area contributed by atoms with Crippen LogP contribution in [0, 0.1) is 6.08 Å². The molecule has 0 saturated carbocycles. The Labute approximate surface area is 58.9 Å². The predicted octanol–water partition coefficient (Wildman–Crippen LogP) is 1.22. The highest BCUT2D eigenvalue weighted by Gasteiger charge is 1.98. The quantitative estimate of drug-likeness (QED) is 0.636. The molecule has 0 aliphatic rings. The van der Waals surface area contributed by atoms with Crippen molar-refractivity contribution in [3.8, 4) is 0 Å². The van der Waals surface area contributed by atoms with Crippen molar-refractivity contribution in [2.45, 2.75) is 26.3 Å². The minimum atomic E-state index is -0.492. The lowest BCUT2D eigenvalue weighted by Crippen LogP contribution is -2.02. The number of nitrogens with zero attached hydrogens (tertiary/aromatic N) is 3. The van der Waals surface area contributed by atoms with Gasteiger partial charge in [0.1, 0.15) is 6.33 Å². The highest BCUT2D eigenvalue weighted by atomic mass is 19.1. The van der Waals surface area contributed by atoms with Crippen molar-refractivity contribution in [3.63, 3.8) is 0 Å². The predicted molar refractivity (Wildman–Crippen MR) is 34.9 cm³/mol. The van der Waals surface area contributed by atoms with Crippen LogP contribution in [0.2, 0.25) is 0 Å². The lowest BCUT2D eigenvalue weighted by Gasteiger charge is -1.96. The maximum absolute atomic E-state index is 12.5. The number of hydrogen-bond acceptors (Lipinski definition) is 2. The molecule has 0 bridgehead atoms. The molecule has 0 N–H and O–H groups in total. The number of hydrogen-bond donors (Lipinski definition) is 0. The van der Waals surface area contributed by atoms with Gasteiger partial charge in [0.25, 0.3) is 0 Å². The van der Waals surface area contributed by atoms with Crippen LogP contribution in [0.15, 0.2) is 6.33 Å². The van der Waals surface area contributed by atoms with Gasteiger partial charge in [-0.05, 0) is 6.42 Å². The zero-order valence-electron chi connectivity index (χ0n) is 5.92. The van der Waals surface area contributed by atoms with Crippen molar-refractivity contribution in [1.29, 1.82) is 0 Å². The Hall–Kier alpha value is -0.930. The third-order valence-electron chi connectivity index (χ3n) is 1.29. The van der Waals surface area contributed by atoms with Gasteiger partial charge < -0.3 is 0 Å². The van der Waals surface area contributed by atoms with E-state index in [2.05, 4.69) is 17.0 Å². The van der Waals surface area contributed by atoms with Crippen molar-refractivity contribution < 1.29 is 4.39 Å². The molecular formula is C6H10FN3. The average molecular weight is 143 g/mol. The van der Waals surface area contributed by atoms with Crippen LogP contribution >= 0.6 is 0 Å². The Kier molecular flexibility index (Phi) is 2.36. The van der Waals surface area contributed by atoms with Gasteiger partial charge in [-0.25, -0.2) is 4.68 Å². The summed E-state index contributed by atoms with van der Waals surface area (Å²) in [5, 5.41) is 3.68. The van der Waals surface area contributed by atoms with Crippen LogP contribution in [-0.4, -0.2) is 14.8 Å². The summed E-state index contributed by atoms with van der Waals surface area (Å²) in [6.07, 6.45) is 2.72. The lowest BCUT2D eigenvalue weighted by atomic mass is 10.3. The number of aromatic nitrogens is 3. The fourth-order valence-corrected chi connectivity index (χ4v) is 0.708. The summed E-state index contributed by atoms with van der Waals surface area (Å²) in [4.78, 5) is 3.35. The van der Waals surface area contributed by atoms with Crippen molar-refractivity contribution >= 4 is 0 Å². The molecule has 0 aromatic carbocycles. The molecule has 3 nitrogen and oxygen atoms in total. The third-order valence-corrected chi connectivity index (χ3v) is 1.29. The van der Waals surface area contributed by atoms with Crippen LogP contribution < -0.4 is 0 Å². The summed E-state index contributed by atoms with van der Waals surface area (Å²) >= 11 is 0. The Balaban J connectivity index is 2.49. The fraction of sp³-hybridized carbons (Fsp3) is 0.667. The Bertz CT molecular complexity index is 197. The average Bonchev–Trinajstić information content (AvgIpc) is 2.31. The molecule has 1 aromatic rings. The van der Waals surface area contributed by atoms with Crippen LogP contribution in [0.3, 0.4) is 0 Å². The Morgan fingerprint density at radius 1 is 1.70 bits per heavy atom. The van der Waals surface area contributed by atoms with Crippen LogP contribution in [0.5, 0.6) is 0 Å². The van der Waals surface area contributed by atoms with Gasteiger partial charge in [-0.3, -0.25) is 0 Å². The molecule has 0 atom stereocenters. The summed E-state index contributed by atoms with van der Waals surface area (Å²) in [5.74, 6) is 0. The monoisotopic (exact) mass is 143 g/mol. The van der Waals surface area contributed by atoms with E-state index in [1.54, 1.807) is 0 Å². The molecule has 10 heavy (non-hydrogen) atoms. The van der Waals surface area contributed by atoms with Crippen LogP contribution in [0.4, 0.5) is 4.39 Å². The Morgan fingerprint density at radius 3 is 3.00 bits per heavy atom. The van der Waals surface area contributed by atoms with E-state index in [9.17, 15) is 4.39 Å². The van der Waals surface area contributed by atoms with Crippen LogP contribution in [0.25, 0.3) is 0 Å². The minimum absolute atomic E-state index is 0.492. The molecule has 0 spiro atoms. The maximum atomic E-state index is 12.5. The molecule has 0 amide bonds. The molecule has 0 fully saturated rings. The van der Waals surface area contributed by atoms with Gasteiger partial charge in [0, 0.05) is 6.54 Å². The van der Waals surface area contributed by atoms with Crippen molar-refractivity contribution in [2.75, 3.05) is 0 Å². The van der Waals surface area contributed by atoms with E-state index >= 15 is 0 Å². The van der Waals surface area contributed by atoms with Gasteiger partial charge in [0.2, 0.25) is 0 Å². The summed E-state index contributed by atoms with van der Waals surface area (Å²) < 4.78 is 13.7. The van der Waals surface area contributed by atoms with Crippen molar-refractivity contribution in [1.82, 2.24) is 14.8 Å². The number of rotatable bonds is 3. The molecule has 4 heteroatoms. The normalized spacial score (nSPS) is 10.2. The Morgan fingerprint density at radius 2 is 2.50 bits per heavy atom. The second kappa shape index (κ2) is 3.29. The maximum Gasteiger partial charge on any atom is 0.307 e. The standard InChI is InChI=1S/C6H10FN3/c1-2-3-4-10-6(7)8-5-9-10/h5H,2-4H2,1H3. The van der Waals surface area contributed by atoms with E-state index < -0.39 is 6.08 Å². The number of aryl methyl sites for hydroxylation is 1. The summed E-state index contributed by atoms with van der Waals surface area (Å²) in [5.41, 5.74) is 0. The van der Waals surface area contributed by atoms with E-state index in [0.29, 0.717) is 6.54 Å². The highest BCUT2D eigenvalue weighted by molar-refractivity contribution is 4.60. The number of unbranched alkanes of at least 4 members (excludes halogenated alkanes) is 1. The number of halogens is 1. The van der Waals surface area contributed by atoms with E-state index in [0.717, 1.165) is 12.8 Å². The lowest BCUT2D eigenvalue weighted by molar-refractivity contribution is 0.426. The molecule has 1 heterocycles. The molecule has 0 aliphatic heterocycles. The van der Waals surface area contributed by atoms with Gasteiger partial charge in [0.15, 0.2) is 0 Å². The topological polar surface area (TPSA) is 30.7 Å². The van der Waals surface area contributed by atoms with E-state index in [-0.39, 0.29) is 0 Å². The zero-order valence-corrected chi connectivity index (χ0v) is 5.92. The highest BCUT2D eigenvalue weighted by Crippen LogP contribution is 1.94. The summed E-state index contributed by atoms with van der Waals surface area (Å²) in [6, 6.07) is 0.